The second kappa shape index (κ2) is 7.08. The van der Waals surface area contributed by atoms with Crippen molar-refractivity contribution in [2.24, 2.45) is 5.73 Å². The number of para-hydroxylation sites is 1. The summed E-state index contributed by atoms with van der Waals surface area (Å²) in [7, 11) is 0. The molecule has 1 aromatic carbocycles. The third kappa shape index (κ3) is 3.40. The summed E-state index contributed by atoms with van der Waals surface area (Å²) in [6, 6.07) is 8.57. The van der Waals surface area contributed by atoms with Gasteiger partial charge in [-0.25, -0.2) is 4.98 Å². The first-order valence-electron chi connectivity index (χ1n) is 8.20. The molecule has 4 aromatic rings. The van der Waals surface area contributed by atoms with Gasteiger partial charge in [0.15, 0.2) is 5.13 Å². The Balaban J connectivity index is 1.51. The van der Waals surface area contributed by atoms with Crippen LogP contribution in [0.3, 0.4) is 0 Å². The fourth-order valence-corrected chi connectivity index (χ4v) is 3.47. The van der Waals surface area contributed by atoms with Crippen LogP contribution in [0.25, 0.3) is 22.2 Å². The second-order valence-electron chi connectivity index (χ2n) is 5.94. The summed E-state index contributed by atoms with van der Waals surface area (Å²) in [5.41, 5.74) is 7.19. The van der Waals surface area contributed by atoms with Crippen molar-refractivity contribution in [3.63, 3.8) is 0 Å². The van der Waals surface area contributed by atoms with E-state index >= 15 is 0 Å². The van der Waals surface area contributed by atoms with E-state index in [9.17, 15) is 14.4 Å². The molecule has 140 valence electrons. The Bertz CT molecular complexity index is 1260. The Morgan fingerprint density at radius 2 is 2.11 bits per heavy atom. The number of rotatable bonds is 5. The summed E-state index contributed by atoms with van der Waals surface area (Å²) in [5, 5.41) is 9.43. The number of primary amides is 1. The van der Waals surface area contributed by atoms with Crippen molar-refractivity contribution in [1.29, 1.82) is 0 Å². The van der Waals surface area contributed by atoms with Gasteiger partial charge in [-0.15, -0.1) is 11.3 Å². The molecule has 0 aliphatic heterocycles. The molecular formula is C18H14N6O3S. The lowest BCUT2D eigenvalue weighted by atomic mass is 10.2. The number of carbonyl (C=O) groups is 2. The zero-order valence-electron chi connectivity index (χ0n) is 14.4. The van der Waals surface area contributed by atoms with Crippen LogP contribution in [-0.2, 0) is 11.3 Å². The Kier molecular flexibility index (Phi) is 4.45. The summed E-state index contributed by atoms with van der Waals surface area (Å²) in [6.07, 6.45) is 2.82. The van der Waals surface area contributed by atoms with Gasteiger partial charge in [0.05, 0.1) is 17.4 Å². The molecular weight excluding hydrogens is 380 g/mol. The summed E-state index contributed by atoms with van der Waals surface area (Å²) in [6.45, 7) is -0.0638. The maximum Gasteiger partial charge on any atom is 0.265 e. The molecule has 0 saturated heterocycles. The number of H-pyrrole nitrogens is 1. The van der Waals surface area contributed by atoms with E-state index in [0.717, 1.165) is 0 Å². The number of aromatic nitrogens is 4. The smallest absolute Gasteiger partial charge is 0.265 e. The number of amides is 2. The van der Waals surface area contributed by atoms with E-state index in [0.29, 0.717) is 27.3 Å². The van der Waals surface area contributed by atoms with Crippen molar-refractivity contribution in [3.8, 4) is 11.3 Å². The topological polar surface area (TPSA) is 136 Å². The van der Waals surface area contributed by atoms with Gasteiger partial charge in [0.25, 0.3) is 5.91 Å². The van der Waals surface area contributed by atoms with Crippen LogP contribution in [0.2, 0.25) is 0 Å². The minimum atomic E-state index is -0.559. The van der Waals surface area contributed by atoms with E-state index in [4.69, 9.17) is 5.73 Å². The number of nitrogens with zero attached hydrogens (tertiary/aromatic N) is 3. The lowest BCUT2D eigenvalue weighted by molar-refractivity contribution is -0.116. The van der Waals surface area contributed by atoms with Gasteiger partial charge in [-0.1, -0.05) is 12.1 Å². The summed E-state index contributed by atoms with van der Waals surface area (Å²) < 4.78 is 1.46. The molecule has 4 rings (SSSR count). The van der Waals surface area contributed by atoms with Gasteiger partial charge in [0, 0.05) is 22.5 Å². The number of anilines is 1. The molecule has 0 aliphatic rings. The number of nitrogens with two attached hydrogens (primary N) is 1. The van der Waals surface area contributed by atoms with Gasteiger partial charge in [-0.3, -0.25) is 19.1 Å². The van der Waals surface area contributed by atoms with E-state index in [-0.39, 0.29) is 23.6 Å². The fourth-order valence-electron chi connectivity index (χ4n) is 2.73. The molecule has 0 aliphatic carbocycles. The van der Waals surface area contributed by atoms with Crippen LogP contribution < -0.4 is 16.5 Å². The third-order valence-corrected chi connectivity index (χ3v) is 4.81. The molecule has 0 unspecified atom stereocenters. The third-order valence-electron chi connectivity index (χ3n) is 4.05. The van der Waals surface area contributed by atoms with Crippen LogP contribution in [0, 0.1) is 0 Å². The molecule has 2 amide bonds. The standard InChI is InChI=1S/C18H14N6O3S/c19-17(27)12-5-10(6-20-12)13-9-28-18(22-13)23-16(26)8-24-14-4-2-1-3-11(14)15(25)7-21-24/h1-7,9,20H,8H2,(H2,19,27)(H,22,23,26). The summed E-state index contributed by atoms with van der Waals surface area (Å²) in [5.74, 6) is -0.884. The number of carbonyl (C=O) groups excluding carboxylic acids is 2. The van der Waals surface area contributed by atoms with E-state index in [1.807, 2.05) is 0 Å². The van der Waals surface area contributed by atoms with Gasteiger partial charge in [-0.2, -0.15) is 5.10 Å². The van der Waals surface area contributed by atoms with E-state index < -0.39 is 5.91 Å². The van der Waals surface area contributed by atoms with Crippen molar-refractivity contribution in [1.82, 2.24) is 19.7 Å². The monoisotopic (exact) mass is 394 g/mol. The lowest BCUT2D eigenvalue weighted by Crippen LogP contribution is -2.22. The van der Waals surface area contributed by atoms with E-state index in [2.05, 4.69) is 20.4 Å². The van der Waals surface area contributed by atoms with Crippen molar-refractivity contribution >= 4 is 39.2 Å². The molecule has 0 fully saturated rings. The predicted molar refractivity (Wildman–Crippen MR) is 105 cm³/mol. The maximum atomic E-state index is 12.4. The minimum Gasteiger partial charge on any atom is -0.364 e. The number of aromatic amines is 1. The van der Waals surface area contributed by atoms with Gasteiger partial charge in [0.1, 0.15) is 12.2 Å². The average molecular weight is 394 g/mol. The molecule has 0 radical (unpaired) electrons. The van der Waals surface area contributed by atoms with Crippen LogP contribution in [0.1, 0.15) is 10.5 Å². The molecule has 28 heavy (non-hydrogen) atoms. The SMILES string of the molecule is NC(=O)c1cc(-c2csc(NC(=O)Cn3ncc(=O)c4ccccc43)n2)c[nH]1. The normalized spacial score (nSPS) is 10.9. The molecule has 0 atom stereocenters. The number of hydrogen-bond donors (Lipinski definition) is 3. The zero-order valence-corrected chi connectivity index (χ0v) is 15.2. The quantitative estimate of drug-likeness (QED) is 0.472. The van der Waals surface area contributed by atoms with Crippen molar-refractivity contribution in [3.05, 3.63) is 64.0 Å². The molecule has 0 spiro atoms. The van der Waals surface area contributed by atoms with Crippen LogP contribution >= 0.6 is 11.3 Å². The van der Waals surface area contributed by atoms with Crippen LogP contribution in [0.15, 0.2) is 52.9 Å². The molecule has 10 heteroatoms. The summed E-state index contributed by atoms with van der Waals surface area (Å²) in [4.78, 5) is 42.6. The largest absolute Gasteiger partial charge is 0.364 e. The molecule has 0 saturated carbocycles. The Morgan fingerprint density at radius 3 is 2.89 bits per heavy atom. The summed E-state index contributed by atoms with van der Waals surface area (Å²) >= 11 is 1.25. The number of thiazole rings is 1. The first-order valence-corrected chi connectivity index (χ1v) is 9.08. The maximum absolute atomic E-state index is 12.4. The molecule has 0 bridgehead atoms. The highest BCUT2D eigenvalue weighted by atomic mass is 32.1. The van der Waals surface area contributed by atoms with Crippen molar-refractivity contribution in [2.75, 3.05) is 5.32 Å². The number of benzene rings is 1. The first-order chi connectivity index (χ1) is 13.5. The second-order valence-corrected chi connectivity index (χ2v) is 6.79. The van der Waals surface area contributed by atoms with E-state index in [1.54, 1.807) is 41.9 Å². The zero-order chi connectivity index (χ0) is 19.7. The Morgan fingerprint density at radius 1 is 1.29 bits per heavy atom. The van der Waals surface area contributed by atoms with E-state index in [1.165, 1.54) is 22.2 Å². The van der Waals surface area contributed by atoms with Crippen LogP contribution in [-0.4, -0.2) is 31.6 Å². The Labute approximate surface area is 161 Å². The highest BCUT2D eigenvalue weighted by Crippen LogP contribution is 2.25. The molecule has 9 nitrogen and oxygen atoms in total. The van der Waals surface area contributed by atoms with Gasteiger partial charge in [-0.05, 0) is 18.2 Å². The van der Waals surface area contributed by atoms with Crippen molar-refractivity contribution < 1.29 is 9.59 Å². The molecule has 3 aromatic heterocycles. The van der Waals surface area contributed by atoms with Gasteiger partial charge < -0.3 is 16.0 Å². The van der Waals surface area contributed by atoms with Crippen molar-refractivity contribution in [2.45, 2.75) is 6.54 Å². The Hall–Kier alpha value is -3.79. The number of nitrogens with one attached hydrogen (secondary N) is 2. The first kappa shape index (κ1) is 17.6. The fraction of sp³-hybridized carbons (Fsp3) is 0.0556. The molecule has 3 heterocycles. The predicted octanol–water partition coefficient (Wildman–Crippen LogP) is 1.59. The van der Waals surface area contributed by atoms with Gasteiger partial charge in [0.2, 0.25) is 11.3 Å². The lowest BCUT2D eigenvalue weighted by Gasteiger charge is -2.08. The van der Waals surface area contributed by atoms with Crippen LogP contribution in [0.4, 0.5) is 5.13 Å². The van der Waals surface area contributed by atoms with Crippen LogP contribution in [0.5, 0.6) is 0 Å². The van der Waals surface area contributed by atoms with Gasteiger partial charge >= 0.3 is 0 Å². The highest BCUT2D eigenvalue weighted by molar-refractivity contribution is 7.14. The highest BCUT2D eigenvalue weighted by Gasteiger charge is 2.12. The number of hydrogen-bond acceptors (Lipinski definition) is 6. The number of fused-ring (bicyclic) bond motifs is 1. The average Bonchev–Trinajstić information content (AvgIpc) is 3.34. The molecule has 4 N–H and O–H groups in total. The minimum absolute atomic E-state index is 0.0638.